The summed E-state index contributed by atoms with van der Waals surface area (Å²) in [5.74, 6) is 0. The molecule has 5 heteroatoms. The highest BCUT2D eigenvalue weighted by molar-refractivity contribution is 6.28. The number of methoxy groups -OCH3 is 1. The van der Waals surface area contributed by atoms with Crippen LogP contribution in [-0.4, -0.2) is 21.9 Å². The second-order valence-corrected chi connectivity index (χ2v) is 2.04. The number of aromatic nitrogens is 3. The summed E-state index contributed by atoms with van der Waals surface area (Å²) in [4.78, 5) is 0. The van der Waals surface area contributed by atoms with Crippen LogP contribution < -0.4 is 4.74 Å². The highest BCUT2D eigenvalue weighted by Gasteiger charge is 2.06. The Bertz CT molecular complexity index is 223. The Morgan fingerprint density at radius 3 is 2.70 bits per heavy atom. The van der Waals surface area contributed by atoms with Crippen molar-refractivity contribution < 1.29 is 4.74 Å². The van der Waals surface area contributed by atoms with E-state index in [1.165, 1.54) is 7.11 Å². The molecule has 1 rings (SSSR count). The Morgan fingerprint density at radius 1 is 1.60 bits per heavy atom. The van der Waals surface area contributed by atoms with Gasteiger partial charge in [0.05, 0.1) is 7.11 Å². The summed E-state index contributed by atoms with van der Waals surface area (Å²) in [6.07, 6.45) is 0. The van der Waals surface area contributed by atoms with Gasteiger partial charge in [-0.05, 0) is 18.5 Å². The molecule has 4 nitrogen and oxygen atoms in total. The first-order chi connectivity index (χ1) is 4.79. The van der Waals surface area contributed by atoms with Crippen LogP contribution in [0.5, 0.6) is 6.01 Å². The molecule has 0 bridgehead atoms. The molecule has 0 fully saturated rings. The number of rotatable bonds is 2. The van der Waals surface area contributed by atoms with Gasteiger partial charge in [-0.25, -0.2) is 0 Å². The summed E-state index contributed by atoms with van der Waals surface area (Å²) >= 11 is 5.63. The minimum absolute atomic E-state index is 0.361. The average molecular weight is 162 g/mol. The molecule has 0 aromatic carbocycles. The van der Waals surface area contributed by atoms with Gasteiger partial charge in [-0.2, -0.15) is 0 Å². The van der Waals surface area contributed by atoms with Crippen molar-refractivity contribution in [3.63, 3.8) is 0 Å². The third-order valence-corrected chi connectivity index (χ3v) is 1.45. The second kappa shape index (κ2) is 2.88. The van der Waals surface area contributed by atoms with Crippen LogP contribution in [0.4, 0.5) is 0 Å². The lowest BCUT2D eigenvalue weighted by molar-refractivity contribution is 0.358. The van der Waals surface area contributed by atoms with E-state index in [1.807, 2.05) is 6.92 Å². The fourth-order valence-electron chi connectivity index (χ4n) is 0.688. The van der Waals surface area contributed by atoms with Crippen LogP contribution in [-0.2, 0) is 6.54 Å². The van der Waals surface area contributed by atoms with Crippen molar-refractivity contribution >= 4 is 11.6 Å². The van der Waals surface area contributed by atoms with E-state index in [4.69, 9.17) is 16.3 Å². The molecule has 0 spiro atoms. The average Bonchev–Trinajstić information content (AvgIpc) is 2.30. The minimum atomic E-state index is 0.361. The van der Waals surface area contributed by atoms with Crippen LogP contribution >= 0.6 is 11.6 Å². The number of nitrogens with zero attached hydrogens (tertiary/aromatic N) is 3. The molecule has 0 saturated heterocycles. The summed E-state index contributed by atoms with van der Waals surface area (Å²) < 4.78 is 6.53. The molecule has 56 valence electrons. The highest BCUT2D eigenvalue weighted by Crippen LogP contribution is 2.12. The summed E-state index contributed by atoms with van der Waals surface area (Å²) in [5, 5.41) is 7.64. The number of ether oxygens (including phenoxy) is 1. The Morgan fingerprint density at radius 2 is 2.30 bits per heavy atom. The van der Waals surface area contributed by atoms with Crippen LogP contribution in [0.3, 0.4) is 0 Å². The number of hydrogen-bond donors (Lipinski definition) is 0. The molecule has 0 aliphatic rings. The summed E-state index contributed by atoms with van der Waals surface area (Å²) in [6.45, 7) is 2.66. The summed E-state index contributed by atoms with van der Waals surface area (Å²) in [7, 11) is 1.53. The van der Waals surface area contributed by atoms with E-state index < -0.39 is 0 Å². The quantitative estimate of drug-likeness (QED) is 0.649. The monoisotopic (exact) mass is 161 g/mol. The van der Waals surface area contributed by atoms with Crippen molar-refractivity contribution in [2.24, 2.45) is 0 Å². The van der Waals surface area contributed by atoms with Gasteiger partial charge < -0.3 is 4.74 Å². The molecule has 0 N–H and O–H groups in total. The molecule has 1 heterocycles. The van der Waals surface area contributed by atoms with Gasteiger partial charge in [-0.15, -0.1) is 5.10 Å². The van der Waals surface area contributed by atoms with Crippen LogP contribution in [0, 0.1) is 0 Å². The predicted octanol–water partition coefficient (Wildman–Crippen LogP) is 0.960. The van der Waals surface area contributed by atoms with Crippen molar-refractivity contribution in [3.8, 4) is 6.01 Å². The maximum absolute atomic E-state index is 5.63. The zero-order valence-corrected chi connectivity index (χ0v) is 6.59. The fraction of sp³-hybridized carbons (Fsp3) is 0.600. The fourth-order valence-corrected chi connectivity index (χ4v) is 0.917. The van der Waals surface area contributed by atoms with Gasteiger partial charge >= 0.3 is 6.01 Å². The van der Waals surface area contributed by atoms with E-state index in [0.717, 1.165) is 6.54 Å². The first kappa shape index (κ1) is 7.34. The lowest BCUT2D eigenvalue weighted by Crippen LogP contribution is -1.98. The zero-order chi connectivity index (χ0) is 7.56. The number of halogens is 1. The van der Waals surface area contributed by atoms with Gasteiger partial charge in [0.2, 0.25) is 5.28 Å². The Kier molecular flexibility index (Phi) is 2.11. The van der Waals surface area contributed by atoms with E-state index in [9.17, 15) is 0 Å². The standard InChI is InChI=1S/C5H8ClN3O/c1-3-9-4(6)7-8-5(9)10-2/h3H2,1-2H3. The highest BCUT2D eigenvalue weighted by atomic mass is 35.5. The first-order valence-electron chi connectivity index (χ1n) is 2.92. The van der Waals surface area contributed by atoms with Crippen LogP contribution in [0.15, 0.2) is 0 Å². The maximum atomic E-state index is 5.63. The molecular formula is C5H8ClN3O. The summed E-state index contributed by atoms with van der Waals surface area (Å²) in [5.41, 5.74) is 0. The Hall–Kier alpha value is -0.770. The second-order valence-electron chi connectivity index (χ2n) is 1.70. The molecular weight excluding hydrogens is 154 g/mol. The van der Waals surface area contributed by atoms with Gasteiger partial charge in [0.25, 0.3) is 0 Å². The molecule has 0 radical (unpaired) electrons. The van der Waals surface area contributed by atoms with E-state index in [1.54, 1.807) is 4.57 Å². The van der Waals surface area contributed by atoms with Crippen molar-refractivity contribution in [2.45, 2.75) is 13.5 Å². The zero-order valence-electron chi connectivity index (χ0n) is 5.83. The van der Waals surface area contributed by atoms with Gasteiger partial charge in [-0.3, -0.25) is 4.57 Å². The molecule has 10 heavy (non-hydrogen) atoms. The van der Waals surface area contributed by atoms with E-state index in [-0.39, 0.29) is 0 Å². The SMILES string of the molecule is CCn1c(Cl)nnc1OC. The Labute approximate surface area is 63.8 Å². The van der Waals surface area contributed by atoms with E-state index >= 15 is 0 Å². The van der Waals surface area contributed by atoms with Crippen LogP contribution in [0.1, 0.15) is 6.92 Å². The van der Waals surface area contributed by atoms with Gasteiger partial charge in [-0.1, -0.05) is 5.10 Å². The minimum Gasteiger partial charge on any atom is -0.467 e. The third-order valence-electron chi connectivity index (χ3n) is 1.17. The lowest BCUT2D eigenvalue weighted by Gasteiger charge is -1.99. The van der Waals surface area contributed by atoms with Crippen LogP contribution in [0.2, 0.25) is 5.28 Å². The molecule has 0 aliphatic carbocycles. The molecule has 0 unspecified atom stereocenters. The molecule has 1 aromatic heterocycles. The van der Waals surface area contributed by atoms with Crippen molar-refractivity contribution in [2.75, 3.05) is 7.11 Å². The number of hydrogen-bond acceptors (Lipinski definition) is 3. The third kappa shape index (κ3) is 1.07. The van der Waals surface area contributed by atoms with Gasteiger partial charge in [0.15, 0.2) is 0 Å². The van der Waals surface area contributed by atoms with Crippen molar-refractivity contribution in [1.29, 1.82) is 0 Å². The van der Waals surface area contributed by atoms with Crippen molar-refractivity contribution in [3.05, 3.63) is 5.28 Å². The largest absolute Gasteiger partial charge is 0.467 e. The smallest absolute Gasteiger partial charge is 0.317 e. The molecule has 0 aliphatic heterocycles. The van der Waals surface area contributed by atoms with Crippen molar-refractivity contribution in [1.82, 2.24) is 14.8 Å². The van der Waals surface area contributed by atoms with Crippen LogP contribution in [0.25, 0.3) is 0 Å². The van der Waals surface area contributed by atoms with E-state index in [0.29, 0.717) is 11.3 Å². The molecule has 1 aromatic rings. The van der Waals surface area contributed by atoms with Gasteiger partial charge in [0, 0.05) is 6.54 Å². The lowest BCUT2D eigenvalue weighted by atomic mass is 10.7. The first-order valence-corrected chi connectivity index (χ1v) is 3.30. The Balaban J connectivity index is 3.01. The topological polar surface area (TPSA) is 39.9 Å². The molecule has 0 atom stereocenters. The summed E-state index contributed by atoms with van der Waals surface area (Å²) in [6, 6.07) is 0.451. The van der Waals surface area contributed by atoms with Gasteiger partial charge in [0.1, 0.15) is 0 Å². The maximum Gasteiger partial charge on any atom is 0.317 e. The molecule has 0 amide bonds. The van der Waals surface area contributed by atoms with E-state index in [2.05, 4.69) is 10.2 Å². The predicted molar refractivity (Wildman–Crippen MR) is 37.3 cm³/mol. The molecule has 0 saturated carbocycles. The normalized spacial score (nSPS) is 9.90.